The van der Waals surface area contributed by atoms with Gasteiger partial charge in [-0.15, -0.1) is 0 Å². The maximum absolute atomic E-state index is 13.1. The van der Waals surface area contributed by atoms with E-state index >= 15 is 0 Å². The number of hydrogen-bond donors (Lipinski definition) is 0. The number of imide groups is 1. The maximum Gasteiger partial charge on any atom is 0.254 e. The van der Waals surface area contributed by atoms with Gasteiger partial charge in [-0.1, -0.05) is 23.8 Å². The van der Waals surface area contributed by atoms with Crippen LogP contribution in [0, 0.1) is 49.4 Å². The van der Waals surface area contributed by atoms with Crippen molar-refractivity contribution in [1.29, 1.82) is 0 Å². The average Bonchev–Trinajstić information content (AvgIpc) is 3.50. The normalized spacial score (nSPS) is 32.1. The predicted molar refractivity (Wildman–Crippen MR) is 121 cm³/mol. The molecule has 2 aromatic rings. The third kappa shape index (κ3) is 2.62. The summed E-state index contributed by atoms with van der Waals surface area (Å²) in [5.74, 6) is 1.51. The predicted octanol–water partition coefficient (Wildman–Crippen LogP) is 4.14. The summed E-state index contributed by atoms with van der Waals surface area (Å²) in [4.78, 5) is 26.3. The largest absolute Gasteiger partial charge is 0.495 e. The van der Waals surface area contributed by atoms with Crippen molar-refractivity contribution in [2.45, 2.75) is 20.3 Å². The Morgan fingerprint density at radius 3 is 2.34 bits per heavy atom. The Kier molecular flexibility index (Phi) is 4.22. The highest BCUT2D eigenvalue weighted by Gasteiger charge is 2.67. The van der Waals surface area contributed by atoms with Crippen LogP contribution in [0.4, 0.5) is 0 Å². The molecule has 7 rings (SSSR count). The van der Waals surface area contributed by atoms with Gasteiger partial charge in [0.1, 0.15) is 5.75 Å². The molecule has 0 spiro atoms. The number of ether oxygens (including phenoxy) is 1. The van der Waals surface area contributed by atoms with E-state index in [-0.39, 0.29) is 35.5 Å². The highest BCUT2D eigenvalue weighted by molar-refractivity contribution is 6.30. The molecule has 6 nitrogen and oxygen atoms in total. The van der Waals surface area contributed by atoms with Crippen molar-refractivity contribution in [2.24, 2.45) is 40.6 Å². The molecule has 0 N–H and O–H groups in total. The Balaban J connectivity index is 1.32. The molecule has 2 heterocycles. The summed E-state index contributed by atoms with van der Waals surface area (Å²) >= 11 is 6.23. The Morgan fingerprint density at radius 2 is 1.72 bits per heavy atom. The van der Waals surface area contributed by atoms with E-state index in [2.05, 4.69) is 17.3 Å². The minimum Gasteiger partial charge on any atom is -0.495 e. The number of allylic oxidation sites excluding steroid dienone is 2. The molecule has 5 aliphatic rings. The van der Waals surface area contributed by atoms with Gasteiger partial charge >= 0.3 is 0 Å². The Hall–Kier alpha value is -2.86. The van der Waals surface area contributed by atoms with Crippen molar-refractivity contribution < 1.29 is 14.3 Å². The quantitative estimate of drug-likeness (QED) is 0.400. The van der Waals surface area contributed by atoms with Crippen LogP contribution in [-0.2, 0) is 9.59 Å². The first-order chi connectivity index (χ1) is 15.4. The number of nitrogens with zero attached hydrogens (tertiary/aromatic N) is 3. The Bertz CT molecular complexity index is 1190. The van der Waals surface area contributed by atoms with Gasteiger partial charge in [-0.05, 0) is 68.2 Å². The lowest BCUT2D eigenvalue weighted by molar-refractivity contribution is -0.140. The standard InChI is InChI=1S/C25H24ClN3O3/c1-12-8-14(13(2)28(12)20-9-15(26)4-7-21(20)32-3)11-27-29-24(30)22-16-5-6-17(19-10-18(16)19)23(22)25(29)31/h4-9,11,16-19,22-23H,10H2,1-3H3/b27-11-/t16-,17-,18-,19+,22+,23+/m0/s1. The number of methoxy groups -OCH3 is 1. The van der Waals surface area contributed by atoms with Crippen LogP contribution in [0.1, 0.15) is 23.4 Å². The number of hydrazone groups is 1. The second-order valence-corrected chi connectivity index (χ2v) is 9.80. The molecular formula is C25H24ClN3O3. The van der Waals surface area contributed by atoms with Crippen LogP contribution < -0.4 is 4.74 Å². The van der Waals surface area contributed by atoms with Crippen molar-refractivity contribution in [3.8, 4) is 11.4 Å². The molecule has 2 saturated carbocycles. The van der Waals surface area contributed by atoms with Crippen molar-refractivity contribution in [1.82, 2.24) is 9.58 Å². The van der Waals surface area contributed by atoms with Crippen LogP contribution >= 0.6 is 11.6 Å². The van der Waals surface area contributed by atoms with E-state index < -0.39 is 0 Å². The highest BCUT2D eigenvalue weighted by atomic mass is 35.5. The number of rotatable bonds is 4. The zero-order valence-corrected chi connectivity index (χ0v) is 18.9. The summed E-state index contributed by atoms with van der Waals surface area (Å²) < 4.78 is 7.56. The van der Waals surface area contributed by atoms with E-state index in [0.717, 1.165) is 34.1 Å². The van der Waals surface area contributed by atoms with E-state index in [1.807, 2.05) is 36.6 Å². The molecular weight excluding hydrogens is 426 g/mol. The number of amides is 2. The van der Waals surface area contributed by atoms with Gasteiger partial charge in [0.2, 0.25) is 0 Å². The number of carbonyl (C=O) groups is 2. The molecule has 6 atom stereocenters. The van der Waals surface area contributed by atoms with Gasteiger partial charge in [0.25, 0.3) is 11.8 Å². The Labute approximate surface area is 191 Å². The number of halogens is 1. The topological polar surface area (TPSA) is 63.9 Å². The molecule has 0 radical (unpaired) electrons. The fourth-order valence-electron chi connectivity index (χ4n) is 6.30. The SMILES string of the molecule is COc1ccc(Cl)cc1-n1c(C)cc(/C=N\N2C(=O)[C@@H]3[C@H]4C=C[C@@H]([C@@H]5C[C@H]45)[C@H]3C2=O)c1C. The van der Waals surface area contributed by atoms with E-state index in [9.17, 15) is 9.59 Å². The number of benzene rings is 1. The van der Waals surface area contributed by atoms with Crippen molar-refractivity contribution in [3.63, 3.8) is 0 Å². The molecule has 1 saturated heterocycles. The monoisotopic (exact) mass is 449 g/mol. The molecule has 1 aliphatic heterocycles. The maximum atomic E-state index is 13.1. The fraction of sp³-hybridized carbons (Fsp3) is 0.400. The minimum atomic E-state index is -0.235. The van der Waals surface area contributed by atoms with Crippen molar-refractivity contribution >= 4 is 29.6 Å². The second kappa shape index (κ2) is 6.82. The van der Waals surface area contributed by atoms with Crippen LogP contribution in [-0.4, -0.2) is 34.7 Å². The first kappa shape index (κ1) is 19.8. The van der Waals surface area contributed by atoms with Crippen LogP contribution in [0.25, 0.3) is 5.69 Å². The lowest BCUT2D eigenvalue weighted by Gasteiger charge is -2.37. The van der Waals surface area contributed by atoms with Crippen molar-refractivity contribution in [3.05, 3.63) is 58.4 Å². The van der Waals surface area contributed by atoms with E-state index in [4.69, 9.17) is 16.3 Å². The molecule has 1 aromatic heterocycles. The second-order valence-electron chi connectivity index (χ2n) is 9.37. The number of aromatic nitrogens is 1. The average molecular weight is 450 g/mol. The lowest BCUT2D eigenvalue weighted by Crippen LogP contribution is -2.40. The van der Waals surface area contributed by atoms with Crippen molar-refractivity contribution in [2.75, 3.05) is 7.11 Å². The number of hydrogen-bond acceptors (Lipinski definition) is 4. The zero-order chi connectivity index (χ0) is 22.3. The summed E-state index contributed by atoms with van der Waals surface area (Å²) in [5, 5.41) is 6.13. The molecule has 7 heteroatoms. The zero-order valence-electron chi connectivity index (χ0n) is 18.2. The van der Waals surface area contributed by atoms with E-state index in [1.54, 1.807) is 19.4 Å². The number of aryl methyl sites for hydroxylation is 1. The van der Waals surface area contributed by atoms with Gasteiger partial charge in [0, 0.05) is 22.0 Å². The lowest BCUT2D eigenvalue weighted by atomic mass is 9.63. The molecule has 32 heavy (non-hydrogen) atoms. The molecule has 164 valence electrons. The summed E-state index contributed by atoms with van der Waals surface area (Å²) in [6.07, 6.45) is 7.12. The smallest absolute Gasteiger partial charge is 0.254 e. The number of carbonyl (C=O) groups excluding carboxylic acids is 2. The first-order valence-electron chi connectivity index (χ1n) is 11.0. The summed E-state index contributed by atoms with van der Waals surface area (Å²) in [5.41, 5.74) is 3.56. The van der Waals surface area contributed by atoms with Crippen LogP contribution in [0.15, 0.2) is 41.5 Å². The molecule has 3 fully saturated rings. The highest BCUT2D eigenvalue weighted by Crippen LogP contribution is 2.65. The molecule has 0 unspecified atom stereocenters. The van der Waals surface area contributed by atoms with Gasteiger partial charge in [0.05, 0.1) is 30.8 Å². The third-order valence-corrected chi connectivity index (χ3v) is 8.04. The van der Waals surface area contributed by atoms with Crippen LogP contribution in [0.5, 0.6) is 5.75 Å². The van der Waals surface area contributed by atoms with Gasteiger partial charge in [-0.2, -0.15) is 10.1 Å². The van der Waals surface area contributed by atoms with Crippen LogP contribution in [0.2, 0.25) is 5.02 Å². The van der Waals surface area contributed by atoms with Gasteiger partial charge in [0.15, 0.2) is 0 Å². The summed E-state index contributed by atoms with van der Waals surface area (Å²) in [6.45, 7) is 3.96. The van der Waals surface area contributed by atoms with Crippen LogP contribution in [0.3, 0.4) is 0 Å². The van der Waals surface area contributed by atoms with Gasteiger partial charge in [-0.3, -0.25) is 9.59 Å². The summed E-state index contributed by atoms with van der Waals surface area (Å²) in [7, 11) is 1.62. The van der Waals surface area contributed by atoms with Gasteiger partial charge < -0.3 is 9.30 Å². The molecule has 2 amide bonds. The summed E-state index contributed by atoms with van der Waals surface area (Å²) in [6, 6.07) is 7.46. The van der Waals surface area contributed by atoms with E-state index in [1.165, 1.54) is 0 Å². The Morgan fingerprint density at radius 1 is 1.06 bits per heavy atom. The molecule has 4 aliphatic carbocycles. The third-order valence-electron chi connectivity index (χ3n) is 7.80. The first-order valence-corrected chi connectivity index (χ1v) is 11.4. The molecule has 2 bridgehead atoms. The minimum absolute atomic E-state index is 0.147. The van der Waals surface area contributed by atoms with E-state index in [0.29, 0.717) is 22.6 Å². The fourth-order valence-corrected chi connectivity index (χ4v) is 6.47. The molecule has 1 aromatic carbocycles. The van der Waals surface area contributed by atoms with Gasteiger partial charge in [-0.25, -0.2) is 0 Å².